The summed E-state index contributed by atoms with van der Waals surface area (Å²) in [4.78, 5) is -0.0759. The number of anilines is 1. The highest BCUT2D eigenvalue weighted by atomic mass is 79.9. The Morgan fingerprint density at radius 3 is 2.35 bits per heavy atom. The van der Waals surface area contributed by atoms with Crippen LogP contribution in [0.25, 0.3) is 0 Å². The highest BCUT2D eigenvalue weighted by Gasteiger charge is 2.26. The van der Waals surface area contributed by atoms with E-state index in [9.17, 15) is 8.42 Å². The molecule has 0 heterocycles. The lowest BCUT2D eigenvalue weighted by atomic mass is 10.2. The quantitative estimate of drug-likeness (QED) is 0.681. The van der Waals surface area contributed by atoms with Gasteiger partial charge in [-0.2, -0.15) is 0 Å². The number of hydrogen-bond acceptors (Lipinski definition) is 3. The second-order valence-corrected chi connectivity index (χ2v) is 8.35. The Balaban J connectivity index is 2.53. The van der Waals surface area contributed by atoms with Crippen molar-refractivity contribution in [1.82, 2.24) is 0 Å². The number of nitrogens with zero attached hydrogens (tertiary/aromatic N) is 1. The van der Waals surface area contributed by atoms with Gasteiger partial charge in [0.1, 0.15) is 15.7 Å². The van der Waals surface area contributed by atoms with Gasteiger partial charge in [-0.05, 0) is 42.8 Å². The molecule has 0 aliphatic carbocycles. The van der Waals surface area contributed by atoms with Crippen LogP contribution in [0.1, 0.15) is 5.56 Å². The third-order valence-electron chi connectivity index (χ3n) is 3.37. The topological polar surface area (TPSA) is 46.6 Å². The molecule has 0 bridgehead atoms. The molecular formula is C15H14BrCl2NO3S. The molecule has 124 valence electrons. The molecule has 0 aromatic heterocycles. The monoisotopic (exact) mass is 437 g/mol. The van der Waals surface area contributed by atoms with Gasteiger partial charge in [-0.25, -0.2) is 8.42 Å². The van der Waals surface area contributed by atoms with Gasteiger partial charge in [0.05, 0.1) is 17.8 Å². The van der Waals surface area contributed by atoms with Gasteiger partial charge < -0.3 is 4.74 Å². The number of hydrogen-bond donors (Lipinski definition) is 0. The van der Waals surface area contributed by atoms with Gasteiger partial charge in [0.15, 0.2) is 0 Å². The van der Waals surface area contributed by atoms with Crippen molar-refractivity contribution in [3.8, 4) is 5.75 Å². The number of ether oxygens (including phenoxy) is 1. The molecule has 8 heteroatoms. The predicted octanol–water partition coefficient (Wildman–Crippen LogP) is 4.90. The van der Waals surface area contributed by atoms with Crippen LogP contribution in [-0.2, 0) is 10.0 Å². The van der Waals surface area contributed by atoms with E-state index >= 15 is 0 Å². The lowest BCUT2D eigenvalue weighted by Gasteiger charge is -2.21. The molecule has 2 aromatic carbocycles. The molecule has 0 saturated carbocycles. The van der Waals surface area contributed by atoms with E-state index in [-0.39, 0.29) is 14.9 Å². The average molecular weight is 439 g/mol. The summed E-state index contributed by atoms with van der Waals surface area (Å²) in [6.45, 7) is 1.88. The van der Waals surface area contributed by atoms with Crippen LogP contribution in [0.2, 0.25) is 10.0 Å². The van der Waals surface area contributed by atoms with Crippen molar-refractivity contribution in [3.63, 3.8) is 0 Å². The van der Waals surface area contributed by atoms with Crippen LogP contribution in [0, 0.1) is 6.92 Å². The van der Waals surface area contributed by atoms with Gasteiger partial charge in [0, 0.05) is 11.5 Å². The second kappa shape index (κ2) is 6.89. The highest BCUT2D eigenvalue weighted by molar-refractivity contribution is 9.10. The van der Waals surface area contributed by atoms with Crippen molar-refractivity contribution in [2.24, 2.45) is 0 Å². The molecule has 2 rings (SSSR count). The molecule has 23 heavy (non-hydrogen) atoms. The fraction of sp³-hybridized carbons (Fsp3) is 0.200. The molecule has 0 atom stereocenters. The Morgan fingerprint density at radius 1 is 1.13 bits per heavy atom. The SMILES string of the molecule is COc1ccc(S(=O)(=O)N(C)c2ccc(Br)c(C)c2)c(Cl)c1Cl. The molecular weight excluding hydrogens is 425 g/mol. The van der Waals surface area contributed by atoms with E-state index in [1.54, 1.807) is 18.2 Å². The Kier molecular flexibility index (Phi) is 5.51. The minimum absolute atomic E-state index is 0.0632. The van der Waals surface area contributed by atoms with Crippen LogP contribution >= 0.6 is 39.1 Å². The molecule has 0 aliphatic heterocycles. The van der Waals surface area contributed by atoms with Crippen LogP contribution in [0.4, 0.5) is 5.69 Å². The van der Waals surface area contributed by atoms with Crippen LogP contribution in [0.15, 0.2) is 39.7 Å². The first-order valence-corrected chi connectivity index (χ1v) is 9.46. The standard InChI is InChI=1S/C15H14BrCl2NO3S/c1-9-8-10(4-5-11(9)16)19(2)23(20,21)13-7-6-12(22-3)14(17)15(13)18/h4-8H,1-3H3. The number of methoxy groups -OCH3 is 1. The lowest BCUT2D eigenvalue weighted by Crippen LogP contribution is -2.27. The minimum atomic E-state index is -3.85. The zero-order valence-corrected chi connectivity index (χ0v) is 16.5. The molecule has 0 N–H and O–H groups in total. The number of rotatable bonds is 4. The fourth-order valence-corrected chi connectivity index (χ4v) is 4.23. The van der Waals surface area contributed by atoms with Crippen molar-refractivity contribution in [1.29, 1.82) is 0 Å². The highest BCUT2D eigenvalue weighted by Crippen LogP contribution is 2.38. The van der Waals surface area contributed by atoms with Gasteiger partial charge in [-0.1, -0.05) is 39.1 Å². The number of aryl methyl sites for hydroxylation is 1. The van der Waals surface area contributed by atoms with E-state index in [1.165, 1.54) is 26.3 Å². The molecule has 4 nitrogen and oxygen atoms in total. The summed E-state index contributed by atoms with van der Waals surface area (Å²) < 4.78 is 32.8. The largest absolute Gasteiger partial charge is 0.495 e. The molecule has 0 aliphatic rings. The zero-order chi connectivity index (χ0) is 17.4. The Labute approximate surface area is 154 Å². The van der Waals surface area contributed by atoms with Crippen LogP contribution in [0.5, 0.6) is 5.75 Å². The Bertz CT molecular complexity index is 856. The summed E-state index contributed by atoms with van der Waals surface area (Å²) in [6, 6.07) is 8.11. The van der Waals surface area contributed by atoms with Crippen molar-refractivity contribution >= 4 is 54.8 Å². The first kappa shape index (κ1) is 18.4. The second-order valence-electron chi connectivity index (χ2n) is 4.80. The Morgan fingerprint density at radius 2 is 1.78 bits per heavy atom. The van der Waals surface area contributed by atoms with Crippen molar-refractivity contribution in [2.75, 3.05) is 18.5 Å². The van der Waals surface area contributed by atoms with Gasteiger partial charge in [-0.3, -0.25) is 4.31 Å². The smallest absolute Gasteiger partial charge is 0.265 e. The van der Waals surface area contributed by atoms with Crippen LogP contribution in [-0.4, -0.2) is 22.6 Å². The van der Waals surface area contributed by atoms with E-state index in [1.807, 2.05) is 6.92 Å². The van der Waals surface area contributed by atoms with Crippen molar-refractivity contribution < 1.29 is 13.2 Å². The predicted molar refractivity (Wildman–Crippen MR) is 97.5 cm³/mol. The summed E-state index contributed by atoms with van der Waals surface area (Å²) in [5, 5.41) is 0.00216. The van der Waals surface area contributed by atoms with E-state index in [0.717, 1.165) is 14.3 Å². The number of sulfonamides is 1. The van der Waals surface area contributed by atoms with Gasteiger partial charge in [0.25, 0.3) is 10.0 Å². The molecule has 0 spiro atoms. The summed E-state index contributed by atoms with van der Waals surface area (Å²) in [7, 11) is -0.956. The van der Waals surface area contributed by atoms with Crippen LogP contribution < -0.4 is 9.04 Å². The summed E-state index contributed by atoms with van der Waals surface area (Å²) in [6.07, 6.45) is 0. The van der Waals surface area contributed by atoms with Crippen LogP contribution in [0.3, 0.4) is 0 Å². The normalized spacial score (nSPS) is 11.4. The molecule has 0 radical (unpaired) electrons. The van der Waals surface area contributed by atoms with Gasteiger partial charge in [0.2, 0.25) is 0 Å². The zero-order valence-electron chi connectivity index (χ0n) is 12.6. The third-order valence-corrected chi connectivity index (χ3v) is 7.07. The van der Waals surface area contributed by atoms with E-state index in [0.29, 0.717) is 11.4 Å². The maximum atomic E-state index is 12.8. The first-order valence-electron chi connectivity index (χ1n) is 6.47. The van der Waals surface area contributed by atoms with Gasteiger partial charge in [-0.15, -0.1) is 0 Å². The van der Waals surface area contributed by atoms with Crippen molar-refractivity contribution in [3.05, 3.63) is 50.4 Å². The van der Waals surface area contributed by atoms with E-state index in [4.69, 9.17) is 27.9 Å². The fourth-order valence-electron chi connectivity index (χ4n) is 1.98. The lowest BCUT2D eigenvalue weighted by molar-refractivity contribution is 0.414. The molecule has 0 unspecified atom stereocenters. The van der Waals surface area contributed by atoms with Gasteiger partial charge >= 0.3 is 0 Å². The Hall–Kier alpha value is -0.950. The first-order chi connectivity index (χ1) is 10.7. The maximum absolute atomic E-state index is 12.8. The number of halogens is 3. The summed E-state index contributed by atoms with van der Waals surface area (Å²) in [5.41, 5.74) is 1.44. The van der Waals surface area contributed by atoms with Crippen molar-refractivity contribution in [2.45, 2.75) is 11.8 Å². The molecule has 0 amide bonds. The molecule has 0 fully saturated rings. The van der Waals surface area contributed by atoms with E-state index < -0.39 is 10.0 Å². The molecule has 2 aromatic rings. The molecule has 0 saturated heterocycles. The number of benzene rings is 2. The summed E-state index contributed by atoms with van der Waals surface area (Å²) >= 11 is 15.6. The minimum Gasteiger partial charge on any atom is -0.495 e. The maximum Gasteiger partial charge on any atom is 0.265 e. The van der Waals surface area contributed by atoms with E-state index in [2.05, 4.69) is 15.9 Å². The summed E-state index contributed by atoms with van der Waals surface area (Å²) in [5.74, 6) is 0.317. The third kappa shape index (κ3) is 3.45. The average Bonchev–Trinajstić information content (AvgIpc) is 2.51.